The third-order valence-electron chi connectivity index (χ3n) is 3.22. The fraction of sp³-hybridized carbons (Fsp3) is 0.727. The van der Waals surface area contributed by atoms with Crippen LogP contribution in [0.3, 0.4) is 0 Å². The van der Waals surface area contributed by atoms with Crippen molar-refractivity contribution in [3.05, 3.63) is 11.7 Å². The number of carbonyl (C=O) groups excluding carboxylic acids is 1. The first-order chi connectivity index (χ1) is 9.41. The zero-order valence-corrected chi connectivity index (χ0v) is 12.3. The monoisotopic (exact) mass is 302 g/mol. The highest BCUT2D eigenvalue weighted by Gasteiger charge is 2.33. The largest absolute Gasteiger partial charge is 0.340 e. The predicted molar refractivity (Wildman–Crippen MR) is 70.7 cm³/mol. The van der Waals surface area contributed by atoms with Gasteiger partial charge in [-0.15, -0.1) is 0 Å². The third-order valence-corrected chi connectivity index (χ3v) is 4.97. The van der Waals surface area contributed by atoms with Gasteiger partial charge in [-0.25, -0.2) is 13.2 Å². The average molecular weight is 302 g/mol. The summed E-state index contributed by atoms with van der Waals surface area (Å²) in [6, 6.07) is -0.561. The minimum Gasteiger partial charge on any atom is -0.340 e. The molecule has 1 aliphatic rings. The van der Waals surface area contributed by atoms with Crippen LogP contribution in [-0.2, 0) is 16.4 Å². The molecule has 1 aromatic heterocycles. The Morgan fingerprint density at radius 2 is 2.30 bits per heavy atom. The fourth-order valence-corrected chi connectivity index (χ4v) is 3.99. The number of hydrogen-bond acceptors (Lipinski definition) is 6. The molecule has 2 rings (SSSR count). The minimum absolute atomic E-state index is 0.0373. The van der Waals surface area contributed by atoms with Crippen LogP contribution < -0.4 is 5.32 Å². The van der Waals surface area contributed by atoms with E-state index in [2.05, 4.69) is 15.5 Å². The van der Waals surface area contributed by atoms with E-state index in [1.807, 2.05) is 6.92 Å². The molecule has 1 fully saturated rings. The highest BCUT2D eigenvalue weighted by molar-refractivity contribution is 7.91. The van der Waals surface area contributed by atoms with Crippen molar-refractivity contribution in [1.82, 2.24) is 20.4 Å². The molecule has 112 valence electrons. The summed E-state index contributed by atoms with van der Waals surface area (Å²) >= 11 is 0. The molecule has 1 aliphatic heterocycles. The Morgan fingerprint density at radius 1 is 1.55 bits per heavy atom. The number of urea groups is 1. The number of carbonyl (C=O) groups is 1. The Kier molecular flexibility index (Phi) is 4.26. The Morgan fingerprint density at radius 3 is 2.80 bits per heavy atom. The molecule has 0 aliphatic carbocycles. The van der Waals surface area contributed by atoms with Crippen LogP contribution in [-0.4, -0.2) is 53.6 Å². The van der Waals surface area contributed by atoms with E-state index in [4.69, 9.17) is 4.52 Å². The summed E-state index contributed by atoms with van der Waals surface area (Å²) in [4.78, 5) is 17.6. The van der Waals surface area contributed by atoms with E-state index in [1.165, 1.54) is 4.90 Å². The van der Waals surface area contributed by atoms with Gasteiger partial charge < -0.3 is 14.7 Å². The summed E-state index contributed by atoms with van der Waals surface area (Å²) in [5, 5.41) is 6.35. The Balaban J connectivity index is 1.92. The molecular formula is C11H18N4O4S. The van der Waals surface area contributed by atoms with Crippen molar-refractivity contribution in [2.75, 3.05) is 18.1 Å². The van der Waals surface area contributed by atoms with Crippen LogP contribution >= 0.6 is 0 Å². The molecular weight excluding hydrogens is 284 g/mol. The predicted octanol–water partition coefficient (Wildman–Crippen LogP) is 0.0966. The second-order valence-electron chi connectivity index (χ2n) is 4.73. The van der Waals surface area contributed by atoms with Gasteiger partial charge in [0, 0.05) is 19.5 Å². The van der Waals surface area contributed by atoms with Crippen molar-refractivity contribution in [3.8, 4) is 0 Å². The quantitative estimate of drug-likeness (QED) is 0.845. The minimum atomic E-state index is -3.01. The maximum atomic E-state index is 12.1. The number of rotatable bonds is 4. The van der Waals surface area contributed by atoms with Crippen LogP contribution in [0.15, 0.2) is 4.52 Å². The Labute approximate surface area is 117 Å². The van der Waals surface area contributed by atoms with Gasteiger partial charge >= 0.3 is 6.03 Å². The SMILES string of the molecule is CCN(C(=O)NCc1noc(C)n1)[C@@H]1CCS(=O)(=O)C1. The molecule has 9 heteroatoms. The molecule has 0 radical (unpaired) electrons. The van der Waals surface area contributed by atoms with Gasteiger partial charge in [-0.05, 0) is 13.3 Å². The van der Waals surface area contributed by atoms with E-state index in [9.17, 15) is 13.2 Å². The van der Waals surface area contributed by atoms with Gasteiger partial charge in [0.25, 0.3) is 0 Å². The molecule has 0 bridgehead atoms. The third kappa shape index (κ3) is 3.47. The molecule has 8 nitrogen and oxygen atoms in total. The van der Waals surface area contributed by atoms with Gasteiger partial charge in [0.15, 0.2) is 15.7 Å². The second-order valence-corrected chi connectivity index (χ2v) is 6.96. The highest BCUT2D eigenvalue weighted by Crippen LogP contribution is 2.17. The van der Waals surface area contributed by atoms with Crippen molar-refractivity contribution in [1.29, 1.82) is 0 Å². The summed E-state index contributed by atoms with van der Waals surface area (Å²) in [7, 11) is -3.01. The van der Waals surface area contributed by atoms with Crippen molar-refractivity contribution in [2.45, 2.75) is 32.9 Å². The summed E-state index contributed by atoms with van der Waals surface area (Å²) in [5.74, 6) is 1.01. The molecule has 1 atom stereocenters. The Bertz CT molecular complexity index is 583. The van der Waals surface area contributed by atoms with E-state index < -0.39 is 9.84 Å². The zero-order chi connectivity index (χ0) is 14.8. The zero-order valence-electron chi connectivity index (χ0n) is 11.5. The highest BCUT2D eigenvalue weighted by atomic mass is 32.2. The summed E-state index contributed by atoms with van der Waals surface area (Å²) < 4.78 is 27.8. The van der Waals surface area contributed by atoms with Gasteiger partial charge in [0.05, 0.1) is 18.1 Å². The topological polar surface area (TPSA) is 105 Å². The van der Waals surface area contributed by atoms with E-state index in [1.54, 1.807) is 6.92 Å². The fourth-order valence-electron chi connectivity index (χ4n) is 2.26. The van der Waals surface area contributed by atoms with Gasteiger partial charge in [0.2, 0.25) is 5.89 Å². The average Bonchev–Trinajstić information content (AvgIpc) is 2.94. The molecule has 2 amide bonds. The normalized spacial score (nSPS) is 20.8. The van der Waals surface area contributed by atoms with Crippen LogP contribution in [0.2, 0.25) is 0 Å². The van der Waals surface area contributed by atoms with E-state index in [0.717, 1.165) is 0 Å². The van der Waals surface area contributed by atoms with Crippen LogP contribution in [0.25, 0.3) is 0 Å². The van der Waals surface area contributed by atoms with Gasteiger partial charge in [0.1, 0.15) is 0 Å². The number of hydrogen-bond donors (Lipinski definition) is 1. The number of aromatic nitrogens is 2. The van der Waals surface area contributed by atoms with Gasteiger partial charge in [-0.3, -0.25) is 0 Å². The maximum absolute atomic E-state index is 12.1. The molecule has 1 aromatic rings. The summed E-state index contributed by atoms with van der Waals surface area (Å²) in [6.45, 7) is 4.10. The maximum Gasteiger partial charge on any atom is 0.318 e. The molecule has 0 unspecified atom stereocenters. The summed E-state index contributed by atoms with van der Waals surface area (Å²) in [6.07, 6.45) is 0.491. The number of aryl methyl sites for hydroxylation is 1. The second kappa shape index (κ2) is 5.78. The van der Waals surface area contributed by atoms with Gasteiger partial charge in [-0.1, -0.05) is 5.16 Å². The molecule has 0 aromatic carbocycles. The first-order valence-electron chi connectivity index (χ1n) is 6.45. The lowest BCUT2D eigenvalue weighted by molar-refractivity contribution is 0.183. The van der Waals surface area contributed by atoms with Crippen LogP contribution in [0.1, 0.15) is 25.1 Å². The molecule has 0 spiro atoms. The smallest absolute Gasteiger partial charge is 0.318 e. The lowest BCUT2D eigenvalue weighted by atomic mass is 10.2. The van der Waals surface area contributed by atoms with E-state index in [0.29, 0.717) is 24.7 Å². The number of amides is 2. The van der Waals surface area contributed by atoms with Crippen molar-refractivity contribution < 1.29 is 17.7 Å². The van der Waals surface area contributed by atoms with E-state index in [-0.39, 0.29) is 30.1 Å². The lowest BCUT2D eigenvalue weighted by Crippen LogP contribution is -2.46. The summed E-state index contributed by atoms with van der Waals surface area (Å²) in [5.41, 5.74) is 0. The molecule has 2 heterocycles. The standard InChI is InChI=1S/C11H18N4O4S/c1-3-15(9-4-5-20(17,18)7-9)11(16)12-6-10-13-8(2)19-14-10/h9H,3-7H2,1-2H3,(H,12,16)/t9-/m1/s1. The van der Waals surface area contributed by atoms with Crippen LogP contribution in [0.5, 0.6) is 0 Å². The lowest BCUT2D eigenvalue weighted by Gasteiger charge is -2.26. The number of nitrogens with one attached hydrogen (secondary N) is 1. The van der Waals surface area contributed by atoms with Crippen molar-refractivity contribution in [3.63, 3.8) is 0 Å². The Hall–Kier alpha value is -1.64. The molecule has 1 N–H and O–H groups in total. The molecule has 0 saturated carbocycles. The van der Waals surface area contributed by atoms with Crippen molar-refractivity contribution in [2.24, 2.45) is 0 Å². The van der Waals surface area contributed by atoms with Crippen LogP contribution in [0, 0.1) is 6.92 Å². The van der Waals surface area contributed by atoms with E-state index >= 15 is 0 Å². The first kappa shape index (κ1) is 14.8. The first-order valence-corrected chi connectivity index (χ1v) is 8.27. The van der Waals surface area contributed by atoms with Gasteiger partial charge in [-0.2, -0.15) is 4.98 Å². The van der Waals surface area contributed by atoms with Crippen LogP contribution in [0.4, 0.5) is 4.79 Å². The van der Waals surface area contributed by atoms with Crippen molar-refractivity contribution >= 4 is 15.9 Å². The molecule has 1 saturated heterocycles. The number of nitrogens with zero attached hydrogens (tertiary/aromatic N) is 3. The molecule has 20 heavy (non-hydrogen) atoms. The number of sulfone groups is 1.